The van der Waals surface area contributed by atoms with Crippen LogP contribution in [0.4, 0.5) is 5.00 Å². The Bertz CT molecular complexity index is 1070. The molecule has 4 rings (SSSR count). The molecule has 0 aliphatic carbocycles. The van der Waals surface area contributed by atoms with E-state index in [2.05, 4.69) is 10.5 Å². The van der Waals surface area contributed by atoms with Crippen LogP contribution in [0.2, 0.25) is 0 Å². The molecular weight excluding hydrogens is 418 g/mol. The van der Waals surface area contributed by atoms with E-state index >= 15 is 0 Å². The lowest BCUT2D eigenvalue weighted by atomic mass is 10.1. The number of carbonyl (C=O) groups is 2. The van der Waals surface area contributed by atoms with Crippen LogP contribution in [0.3, 0.4) is 0 Å². The number of hydrogen-bond donors (Lipinski definition) is 1. The van der Waals surface area contributed by atoms with Gasteiger partial charge in [-0.2, -0.15) is 0 Å². The fraction of sp³-hybridized carbons (Fsp3) is 0.318. The van der Waals surface area contributed by atoms with Crippen LogP contribution in [-0.2, 0) is 9.53 Å². The summed E-state index contributed by atoms with van der Waals surface area (Å²) in [4.78, 5) is 28.6. The Kier molecular flexibility index (Phi) is 6.34. The van der Waals surface area contributed by atoms with Crippen molar-refractivity contribution in [1.29, 1.82) is 0 Å². The highest BCUT2D eigenvalue weighted by atomic mass is 32.1. The van der Waals surface area contributed by atoms with Crippen molar-refractivity contribution >= 4 is 28.2 Å². The topological polar surface area (TPSA) is 93.9 Å². The quantitative estimate of drug-likeness (QED) is 0.629. The van der Waals surface area contributed by atoms with Crippen LogP contribution >= 0.6 is 11.3 Å². The molecule has 8 nitrogen and oxygen atoms in total. The number of ether oxygens (including phenoxy) is 2. The van der Waals surface area contributed by atoms with Gasteiger partial charge in [0.05, 0.1) is 18.8 Å². The summed E-state index contributed by atoms with van der Waals surface area (Å²) in [6.45, 7) is 5.47. The number of carbonyl (C=O) groups excluding carboxylic acids is 2. The van der Waals surface area contributed by atoms with Gasteiger partial charge in [0.25, 0.3) is 17.7 Å². The SMILES string of the molecule is Cc1cc(OCC(=O)Nc2sc(-c3ccccc3)c(C)c2C(=O)N2CCOCC2)no1. The molecule has 3 aromatic rings. The first-order valence-corrected chi connectivity index (χ1v) is 10.8. The van der Waals surface area contributed by atoms with Crippen LogP contribution in [0, 0.1) is 13.8 Å². The molecule has 0 spiro atoms. The lowest BCUT2D eigenvalue weighted by Gasteiger charge is -2.27. The van der Waals surface area contributed by atoms with E-state index in [1.54, 1.807) is 17.9 Å². The lowest BCUT2D eigenvalue weighted by Crippen LogP contribution is -2.41. The summed E-state index contributed by atoms with van der Waals surface area (Å²) in [6.07, 6.45) is 0. The molecule has 31 heavy (non-hydrogen) atoms. The second-order valence-electron chi connectivity index (χ2n) is 7.14. The van der Waals surface area contributed by atoms with Crippen molar-refractivity contribution in [2.24, 2.45) is 0 Å². The Hall–Kier alpha value is -3.17. The Balaban J connectivity index is 1.59. The molecule has 1 N–H and O–H groups in total. The number of benzene rings is 1. The van der Waals surface area contributed by atoms with Crippen molar-refractivity contribution in [1.82, 2.24) is 10.1 Å². The Labute approximate surface area is 183 Å². The average molecular weight is 442 g/mol. The molecule has 0 saturated carbocycles. The third kappa shape index (κ3) is 4.78. The zero-order chi connectivity index (χ0) is 21.8. The number of nitrogens with zero attached hydrogens (tertiary/aromatic N) is 2. The third-order valence-corrected chi connectivity index (χ3v) is 6.16. The first kappa shape index (κ1) is 21.1. The van der Waals surface area contributed by atoms with Crippen molar-refractivity contribution in [3.05, 3.63) is 53.3 Å². The predicted molar refractivity (Wildman–Crippen MR) is 117 cm³/mol. The number of nitrogens with one attached hydrogen (secondary N) is 1. The highest BCUT2D eigenvalue weighted by Gasteiger charge is 2.28. The van der Waals surface area contributed by atoms with Crippen molar-refractivity contribution in [2.75, 3.05) is 38.2 Å². The minimum Gasteiger partial charge on any atom is -0.465 e. The maximum atomic E-state index is 13.3. The first-order chi connectivity index (χ1) is 15.0. The maximum absolute atomic E-state index is 13.3. The van der Waals surface area contributed by atoms with Crippen molar-refractivity contribution in [3.8, 4) is 16.3 Å². The zero-order valence-electron chi connectivity index (χ0n) is 17.3. The summed E-state index contributed by atoms with van der Waals surface area (Å²) in [5, 5.41) is 7.08. The van der Waals surface area contributed by atoms with E-state index in [0.29, 0.717) is 42.6 Å². The van der Waals surface area contributed by atoms with Gasteiger partial charge in [-0.1, -0.05) is 30.3 Å². The summed E-state index contributed by atoms with van der Waals surface area (Å²) in [7, 11) is 0. The van der Waals surface area contributed by atoms with Crippen LogP contribution in [-0.4, -0.2) is 54.8 Å². The number of anilines is 1. The van der Waals surface area contributed by atoms with Gasteiger partial charge in [-0.3, -0.25) is 9.59 Å². The van der Waals surface area contributed by atoms with Gasteiger partial charge in [-0.15, -0.1) is 11.3 Å². The van der Waals surface area contributed by atoms with E-state index in [0.717, 1.165) is 16.0 Å². The molecule has 0 atom stereocenters. The van der Waals surface area contributed by atoms with Crippen molar-refractivity contribution < 1.29 is 23.6 Å². The molecule has 1 saturated heterocycles. The van der Waals surface area contributed by atoms with E-state index in [9.17, 15) is 9.59 Å². The van der Waals surface area contributed by atoms with Crippen molar-refractivity contribution in [2.45, 2.75) is 13.8 Å². The largest absolute Gasteiger partial charge is 0.465 e. The highest BCUT2D eigenvalue weighted by Crippen LogP contribution is 2.40. The van der Waals surface area contributed by atoms with Gasteiger partial charge in [-0.25, -0.2) is 0 Å². The fourth-order valence-corrected chi connectivity index (χ4v) is 4.58. The van der Waals surface area contributed by atoms with Gasteiger partial charge in [0.2, 0.25) is 0 Å². The number of hydrogen-bond acceptors (Lipinski definition) is 7. The fourth-order valence-electron chi connectivity index (χ4n) is 3.36. The smallest absolute Gasteiger partial charge is 0.262 e. The van der Waals surface area contributed by atoms with E-state index in [4.69, 9.17) is 14.0 Å². The molecule has 1 aliphatic rings. The van der Waals surface area contributed by atoms with E-state index in [-0.39, 0.29) is 24.3 Å². The molecule has 1 aromatic carbocycles. The molecule has 9 heteroatoms. The summed E-state index contributed by atoms with van der Waals surface area (Å²) in [5.74, 6) is 0.347. The Morgan fingerprint density at radius 3 is 2.61 bits per heavy atom. The molecule has 0 radical (unpaired) electrons. The summed E-state index contributed by atoms with van der Waals surface area (Å²) in [6, 6.07) is 11.4. The summed E-state index contributed by atoms with van der Waals surface area (Å²) < 4.78 is 15.7. The monoisotopic (exact) mass is 441 g/mol. The number of aryl methyl sites for hydroxylation is 1. The van der Waals surface area contributed by atoms with Gasteiger partial charge < -0.3 is 24.2 Å². The van der Waals surface area contributed by atoms with Crippen LogP contribution in [0.25, 0.3) is 10.4 Å². The molecule has 162 valence electrons. The zero-order valence-corrected chi connectivity index (χ0v) is 18.2. The summed E-state index contributed by atoms with van der Waals surface area (Å²) in [5.41, 5.74) is 2.35. The van der Waals surface area contributed by atoms with Gasteiger partial charge in [0.15, 0.2) is 6.61 Å². The number of rotatable bonds is 6. The van der Waals surface area contributed by atoms with Crippen LogP contribution in [0.15, 0.2) is 40.9 Å². The molecule has 1 aliphatic heterocycles. The number of aromatic nitrogens is 1. The molecular formula is C22H23N3O5S. The predicted octanol–water partition coefficient (Wildman–Crippen LogP) is 3.51. The second-order valence-corrected chi connectivity index (χ2v) is 8.16. The van der Waals surface area contributed by atoms with Gasteiger partial charge in [-0.05, 0) is 30.1 Å². The van der Waals surface area contributed by atoms with Crippen LogP contribution in [0.1, 0.15) is 21.7 Å². The van der Waals surface area contributed by atoms with Crippen LogP contribution in [0.5, 0.6) is 5.88 Å². The highest BCUT2D eigenvalue weighted by molar-refractivity contribution is 7.20. The molecule has 0 unspecified atom stereocenters. The molecule has 2 amide bonds. The van der Waals surface area contributed by atoms with Crippen molar-refractivity contribution in [3.63, 3.8) is 0 Å². The standard InChI is InChI=1S/C22H23N3O5S/c1-14-12-18(24-30-14)29-13-17(26)23-21-19(22(27)25-8-10-28-11-9-25)15(2)20(31-21)16-6-4-3-5-7-16/h3-7,12H,8-11,13H2,1-2H3,(H,23,26). The Morgan fingerprint density at radius 1 is 1.19 bits per heavy atom. The first-order valence-electron chi connectivity index (χ1n) is 9.94. The molecule has 2 aromatic heterocycles. The van der Waals surface area contributed by atoms with Gasteiger partial charge in [0.1, 0.15) is 10.8 Å². The lowest BCUT2D eigenvalue weighted by molar-refractivity contribution is -0.118. The minimum atomic E-state index is -0.377. The van der Waals surface area contributed by atoms with Gasteiger partial charge in [0, 0.05) is 24.0 Å². The minimum absolute atomic E-state index is 0.109. The van der Waals surface area contributed by atoms with E-state index in [1.807, 2.05) is 37.3 Å². The summed E-state index contributed by atoms with van der Waals surface area (Å²) >= 11 is 1.39. The maximum Gasteiger partial charge on any atom is 0.262 e. The third-order valence-electron chi connectivity index (χ3n) is 4.91. The normalized spacial score (nSPS) is 13.8. The van der Waals surface area contributed by atoms with E-state index < -0.39 is 0 Å². The molecule has 0 bridgehead atoms. The second kappa shape index (κ2) is 9.32. The number of thiophene rings is 1. The van der Waals surface area contributed by atoms with Gasteiger partial charge >= 0.3 is 0 Å². The average Bonchev–Trinajstić information content (AvgIpc) is 3.35. The van der Waals surface area contributed by atoms with Crippen LogP contribution < -0.4 is 10.1 Å². The Morgan fingerprint density at radius 2 is 1.94 bits per heavy atom. The molecule has 3 heterocycles. The number of amides is 2. The molecule has 1 fully saturated rings. The van der Waals surface area contributed by atoms with E-state index in [1.165, 1.54) is 11.3 Å². The number of morpholine rings is 1.